The van der Waals surface area contributed by atoms with Crippen molar-refractivity contribution >= 4 is 28.2 Å². The Hall–Kier alpha value is -4.66. The van der Waals surface area contributed by atoms with E-state index in [1.54, 1.807) is 62.6 Å². The molecule has 178 valence electrons. The van der Waals surface area contributed by atoms with Crippen LogP contribution in [0.1, 0.15) is 17.3 Å². The van der Waals surface area contributed by atoms with Gasteiger partial charge in [0.15, 0.2) is 0 Å². The Bertz CT molecular complexity index is 1420. The molecule has 9 heteroatoms. The molecule has 0 atom stereocenters. The number of ether oxygens (including phenoxy) is 3. The molecule has 35 heavy (non-hydrogen) atoms. The molecule has 0 radical (unpaired) electrons. The van der Waals surface area contributed by atoms with E-state index in [1.165, 1.54) is 19.2 Å². The molecule has 3 aromatic carbocycles. The molecule has 0 spiro atoms. The van der Waals surface area contributed by atoms with Crippen molar-refractivity contribution in [2.75, 3.05) is 26.1 Å². The van der Waals surface area contributed by atoms with E-state index in [9.17, 15) is 14.9 Å². The lowest BCUT2D eigenvalue weighted by Crippen LogP contribution is -2.14. The van der Waals surface area contributed by atoms with Crippen LogP contribution in [0.5, 0.6) is 17.2 Å². The largest absolute Gasteiger partial charge is 0.497 e. The number of amides is 1. The highest BCUT2D eigenvalue weighted by molar-refractivity contribution is 6.13. The molecule has 9 nitrogen and oxygen atoms in total. The second-order valence-corrected chi connectivity index (χ2v) is 7.46. The number of methoxy groups -OCH3 is 2. The molecule has 1 aromatic heterocycles. The minimum Gasteiger partial charge on any atom is -0.497 e. The molecule has 0 saturated carbocycles. The molecule has 4 rings (SSSR count). The summed E-state index contributed by atoms with van der Waals surface area (Å²) in [5.74, 6) is 0.984. The minimum absolute atomic E-state index is 0.0629. The number of carbonyl (C=O) groups excluding carboxylic acids is 1. The first kappa shape index (κ1) is 23.5. The van der Waals surface area contributed by atoms with E-state index >= 15 is 0 Å². The Labute approximate surface area is 201 Å². The zero-order valence-electron chi connectivity index (χ0n) is 19.4. The molecule has 1 amide bonds. The van der Waals surface area contributed by atoms with E-state index in [0.717, 1.165) is 0 Å². The normalized spacial score (nSPS) is 10.6. The summed E-state index contributed by atoms with van der Waals surface area (Å²) in [6.45, 7) is 2.15. The molecule has 0 unspecified atom stereocenters. The van der Waals surface area contributed by atoms with Crippen molar-refractivity contribution in [3.05, 3.63) is 82.4 Å². The van der Waals surface area contributed by atoms with Crippen molar-refractivity contribution < 1.29 is 23.9 Å². The fourth-order valence-electron chi connectivity index (χ4n) is 3.73. The van der Waals surface area contributed by atoms with Gasteiger partial charge in [-0.25, -0.2) is 4.98 Å². The quantitative estimate of drug-likeness (QED) is 0.266. The summed E-state index contributed by atoms with van der Waals surface area (Å²) in [6, 6.07) is 18.5. The van der Waals surface area contributed by atoms with Crippen LogP contribution in [0.15, 0.2) is 66.7 Å². The van der Waals surface area contributed by atoms with Crippen molar-refractivity contribution in [2.45, 2.75) is 6.92 Å². The van der Waals surface area contributed by atoms with Gasteiger partial charge >= 0.3 is 0 Å². The second-order valence-electron chi connectivity index (χ2n) is 7.46. The Morgan fingerprint density at radius 2 is 1.77 bits per heavy atom. The van der Waals surface area contributed by atoms with Crippen molar-refractivity contribution in [2.24, 2.45) is 0 Å². The number of rotatable bonds is 8. The predicted octanol–water partition coefficient (Wildman–Crippen LogP) is 5.48. The van der Waals surface area contributed by atoms with Gasteiger partial charge in [0.05, 0.1) is 48.6 Å². The lowest BCUT2D eigenvalue weighted by Gasteiger charge is -2.14. The lowest BCUT2D eigenvalue weighted by molar-refractivity contribution is -0.384. The third-order valence-corrected chi connectivity index (χ3v) is 5.37. The zero-order valence-corrected chi connectivity index (χ0v) is 19.4. The number of carbonyl (C=O) groups is 1. The van der Waals surface area contributed by atoms with E-state index in [1.807, 2.05) is 6.07 Å². The summed E-state index contributed by atoms with van der Waals surface area (Å²) in [7, 11) is 3.10. The maximum Gasteiger partial charge on any atom is 0.296 e. The topological polar surface area (TPSA) is 113 Å². The molecule has 0 aliphatic heterocycles. The van der Waals surface area contributed by atoms with Gasteiger partial charge in [-0.2, -0.15) is 0 Å². The number of pyridine rings is 1. The van der Waals surface area contributed by atoms with Gasteiger partial charge in [-0.1, -0.05) is 18.2 Å². The van der Waals surface area contributed by atoms with Gasteiger partial charge < -0.3 is 19.5 Å². The highest BCUT2D eigenvalue weighted by Crippen LogP contribution is 2.35. The highest BCUT2D eigenvalue weighted by Gasteiger charge is 2.21. The maximum atomic E-state index is 13.4. The first-order chi connectivity index (χ1) is 16.9. The minimum atomic E-state index is -0.559. The summed E-state index contributed by atoms with van der Waals surface area (Å²) < 4.78 is 16.1. The smallest absolute Gasteiger partial charge is 0.296 e. The number of aromatic nitrogens is 1. The average Bonchev–Trinajstić information content (AvgIpc) is 2.88. The summed E-state index contributed by atoms with van der Waals surface area (Å²) in [4.78, 5) is 29.2. The molecule has 1 N–H and O–H groups in total. The van der Waals surface area contributed by atoms with Crippen LogP contribution in [0.25, 0.3) is 22.2 Å². The van der Waals surface area contributed by atoms with Crippen LogP contribution in [0.3, 0.4) is 0 Å². The van der Waals surface area contributed by atoms with Gasteiger partial charge in [0.25, 0.3) is 11.6 Å². The Morgan fingerprint density at radius 1 is 1.00 bits per heavy atom. The van der Waals surface area contributed by atoms with Crippen LogP contribution in [0.2, 0.25) is 0 Å². The number of nitro groups is 1. The first-order valence-corrected chi connectivity index (χ1v) is 10.8. The van der Waals surface area contributed by atoms with Gasteiger partial charge in [-0.05, 0) is 43.3 Å². The number of para-hydroxylation sites is 1. The zero-order chi connectivity index (χ0) is 24.9. The summed E-state index contributed by atoms with van der Waals surface area (Å²) in [5, 5.41) is 14.9. The highest BCUT2D eigenvalue weighted by atomic mass is 16.6. The number of nitrogens with one attached hydrogen (secondary N) is 1. The van der Waals surface area contributed by atoms with Gasteiger partial charge in [0, 0.05) is 17.0 Å². The Kier molecular flexibility index (Phi) is 6.77. The fraction of sp³-hybridized carbons (Fsp3) is 0.154. The number of nitro benzene ring substituents is 1. The van der Waals surface area contributed by atoms with Crippen molar-refractivity contribution in [1.29, 1.82) is 0 Å². The molecule has 1 heterocycles. The van der Waals surface area contributed by atoms with E-state index in [4.69, 9.17) is 19.2 Å². The van der Waals surface area contributed by atoms with Gasteiger partial charge in [0.2, 0.25) is 0 Å². The van der Waals surface area contributed by atoms with Crippen LogP contribution in [0, 0.1) is 10.1 Å². The number of fused-ring (bicyclic) bond motifs is 1. The van der Waals surface area contributed by atoms with E-state index in [0.29, 0.717) is 51.6 Å². The second kappa shape index (κ2) is 10.1. The van der Waals surface area contributed by atoms with Crippen LogP contribution in [-0.2, 0) is 0 Å². The monoisotopic (exact) mass is 473 g/mol. The molecule has 0 bridgehead atoms. The molecule has 0 aliphatic carbocycles. The molecule has 0 aliphatic rings. The van der Waals surface area contributed by atoms with Crippen LogP contribution in [0.4, 0.5) is 11.4 Å². The molecule has 0 saturated heterocycles. The Morgan fingerprint density at radius 3 is 2.49 bits per heavy atom. The van der Waals surface area contributed by atoms with Crippen molar-refractivity contribution in [1.82, 2.24) is 4.98 Å². The fourth-order valence-corrected chi connectivity index (χ4v) is 3.73. The first-order valence-electron chi connectivity index (χ1n) is 10.8. The van der Waals surface area contributed by atoms with Crippen LogP contribution in [-0.4, -0.2) is 36.6 Å². The standard InChI is InChI=1S/C26H23N3O6/c1-4-35-17-10-12-22(24(13-17)29(31)32)28-26(30)20-15-23(27-21-8-6-5-7-18(20)21)19-11-9-16(33-2)14-25(19)34-3/h5-15H,4H2,1-3H3,(H,28,30). The third-order valence-electron chi connectivity index (χ3n) is 5.37. The molecular weight excluding hydrogens is 450 g/mol. The summed E-state index contributed by atoms with van der Waals surface area (Å²) >= 11 is 0. The van der Waals surface area contributed by atoms with Crippen molar-refractivity contribution in [3.63, 3.8) is 0 Å². The van der Waals surface area contributed by atoms with Gasteiger partial charge in [0.1, 0.15) is 22.9 Å². The lowest BCUT2D eigenvalue weighted by atomic mass is 10.0. The van der Waals surface area contributed by atoms with Crippen LogP contribution >= 0.6 is 0 Å². The number of hydrogen-bond donors (Lipinski definition) is 1. The number of anilines is 1. The Balaban J connectivity index is 1.80. The van der Waals surface area contributed by atoms with Crippen molar-refractivity contribution in [3.8, 4) is 28.5 Å². The number of hydrogen-bond acceptors (Lipinski definition) is 7. The SMILES string of the molecule is CCOc1ccc(NC(=O)c2cc(-c3ccc(OC)cc3OC)nc3ccccc23)c([N+](=O)[O-])c1. The predicted molar refractivity (Wildman–Crippen MR) is 133 cm³/mol. The summed E-state index contributed by atoms with van der Waals surface area (Å²) in [5.41, 5.74) is 1.88. The van der Waals surface area contributed by atoms with Gasteiger partial charge in [-0.15, -0.1) is 0 Å². The third kappa shape index (κ3) is 4.84. The average molecular weight is 473 g/mol. The molecular formula is C26H23N3O6. The molecule has 4 aromatic rings. The maximum absolute atomic E-state index is 13.4. The summed E-state index contributed by atoms with van der Waals surface area (Å²) in [6.07, 6.45) is 0. The van der Waals surface area contributed by atoms with E-state index < -0.39 is 10.8 Å². The van der Waals surface area contributed by atoms with Crippen LogP contribution < -0.4 is 19.5 Å². The van der Waals surface area contributed by atoms with Gasteiger partial charge in [-0.3, -0.25) is 14.9 Å². The van der Waals surface area contributed by atoms with E-state index in [-0.39, 0.29) is 11.4 Å². The van der Waals surface area contributed by atoms with E-state index in [2.05, 4.69) is 5.32 Å². The number of nitrogens with zero attached hydrogens (tertiary/aromatic N) is 2. The molecule has 0 fully saturated rings. The number of benzene rings is 3.